The van der Waals surface area contributed by atoms with Gasteiger partial charge in [0.25, 0.3) is 0 Å². The SMILES string of the molecule is CC(C)(C)CC(=O)Nc1cncc(-c2ccc3[nH]nc(-c4nc5c(-c6ccc(F)cc6)ccnc5[nH]4)c3c2F)c1. The second-order valence-electron chi connectivity index (χ2n) is 10.8. The van der Waals surface area contributed by atoms with E-state index in [0.717, 1.165) is 11.1 Å². The van der Waals surface area contributed by atoms with E-state index in [2.05, 4.69) is 30.5 Å². The van der Waals surface area contributed by atoms with Crippen LogP contribution in [0, 0.1) is 17.0 Å². The fraction of sp³-hybridized carbons (Fsp3) is 0.167. The quantitative estimate of drug-likeness (QED) is 0.222. The van der Waals surface area contributed by atoms with Gasteiger partial charge in [-0.1, -0.05) is 32.9 Å². The summed E-state index contributed by atoms with van der Waals surface area (Å²) in [6, 6.07) is 13.0. The van der Waals surface area contributed by atoms with Gasteiger partial charge in [-0.25, -0.2) is 18.7 Å². The van der Waals surface area contributed by atoms with Gasteiger partial charge in [0.1, 0.15) is 22.8 Å². The maximum atomic E-state index is 16.1. The van der Waals surface area contributed by atoms with E-state index in [1.165, 1.54) is 18.3 Å². The van der Waals surface area contributed by atoms with Crippen LogP contribution in [-0.2, 0) is 4.79 Å². The Morgan fingerprint density at radius 2 is 1.77 bits per heavy atom. The van der Waals surface area contributed by atoms with E-state index in [1.54, 1.807) is 48.8 Å². The normalized spacial score (nSPS) is 11.8. The van der Waals surface area contributed by atoms with E-state index < -0.39 is 5.82 Å². The number of hydrogen-bond donors (Lipinski definition) is 3. The zero-order valence-corrected chi connectivity index (χ0v) is 22.0. The van der Waals surface area contributed by atoms with Gasteiger partial charge in [0, 0.05) is 35.5 Å². The molecule has 0 spiro atoms. The number of anilines is 1. The lowest BCUT2D eigenvalue weighted by atomic mass is 9.92. The highest BCUT2D eigenvalue weighted by atomic mass is 19.1. The molecule has 0 radical (unpaired) electrons. The molecule has 6 aromatic rings. The molecule has 0 aliphatic rings. The Bertz CT molecular complexity index is 1880. The average Bonchev–Trinajstić information content (AvgIpc) is 3.53. The number of rotatable bonds is 5. The van der Waals surface area contributed by atoms with Gasteiger partial charge in [-0.2, -0.15) is 5.10 Å². The first kappa shape index (κ1) is 25.3. The Balaban J connectivity index is 1.40. The highest BCUT2D eigenvalue weighted by Gasteiger charge is 2.21. The third kappa shape index (κ3) is 4.79. The van der Waals surface area contributed by atoms with E-state index in [1.807, 2.05) is 20.8 Å². The van der Waals surface area contributed by atoms with Crippen molar-refractivity contribution in [1.82, 2.24) is 30.1 Å². The van der Waals surface area contributed by atoms with Gasteiger partial charge in [-0.15, -0.1) is 0 Å². The average molecular weight is 538 g/mol. The summed E-state index contributed by atoms with van der Waals surface area (Å²) in [7, 11) is 0. The fourth-order valence-corrected chi connectivity index (χ4v) is 4.69. The first-order valence-electron chi connectivity index (χ1n) is 12.7. The van der Waals surface area contributed by atoms with Gasteiger partial charge in [-0.05, 0) is 47.4 Å². The number of hydrogen-bond acceptors (Lipinski definition) is 5. The number of amides is 1. The summed E-state index contributed by atoms with van der Waals surface area (Å²) in [6.07, 6.45) is 5.04. The minimum atomic E-state index is -0.506. The van der Waals surface area contributed by atoms with Crippen LogP contribution >= 0.6 is 0 Å². The molecule has 40 heavy (non-hydrogen) atoms. The zero-order chi connectivity index (χ0) is 28.0. The first-order chi connectivity index (χ1) is 19.2. The molecule has 0 atom stereocenters. The summed E-state index contributed by atoms with van der Waals surface area (Å²) in [5.74, 6) is -0.647. The van der Waals surface area contributed by atoms with Crippen molar-refractivity contribution in [1.29, 1.82) is 0 Å². The summed E-state index contributed by atoms with van der Waals surface area (Å²) in [6.45, 7) is 5.95. The predicted octanol–water partition coefficient (Wildman–Crippen LogP) is 6.88. The molecule has 2 aromatic carbocycles. The van der Waals surface area contributed by atoms with Crippen LogP contribution in [0.4, 0.5) is 14.5 Å². The zero-order valence-electron chi connectivity index (χ0n) is 22.0. The monoisotopic (exact) mass is 537 g/mol. The van der Waals surface area contributed by atoms with Crippen molar-refractivity contribution in [3.63, 3.8) is 0 Å². The van der Waals surface area contributed by atoms with Gasteiger partial charge in [0.2, 0.25) is 5.91 Å². The van der Waals surface area contributed by atoms with Crippen LogP contribution in [0.15, 0.2) is 67.1 Å². The molecule has 3 N–H and O–H groups in total. The van der Waals surface area contributed by atoms with E-state index in [9.17, 15) is 9.18 Å². The number of carbonyl (C=O) groups excluding carboxylic acids is 1. The summed E-state index contributed by atoms with van der Waals surface area (Å²) in [5, 5.41) is 10.3. The number of aromatic amines is 2. The molecule has 6 rings (SSSR count). The van der Waals surface area contributed by atoms with Crippen LogP contribution < -0.4 is 5.32 Å². The molecule has 1 amide bonds. The smallest absolute Gasteiger partial charge is 0.224 e. The summed E-state index contributed by atoms with van der Waals surface area (Å²) < 4.78 is 29.6. The predicted molar refractivity (Wildman–Crippen MR) is 150 cm³/mol. The van der Waals surface area contributed by atoms with Crippen LogP contribution in [0.1, 0.15) is 27.2 Å². The molecule has 200 valence electrons. The standard InChI is InChI=1S/C30H25F2N7O/c1-30(2,3)13-23(40)35-19-12-17(14-33-15-19)20-8-9-22-24(25(20)32)27(39-38-22)29-36-26-21(10-11-34-28(26)37-29)16-4-6-18(31)7-5-16/h4-12,14-15H,13H2,1-3H3,(H,35,40)(H,38,39)(H,34,36,37). The van der Waals surface area contributed by atoms with E-state index >= 15 is 4.39 Å². The van der Waals surface area contributed by atoms with E-state index in [-0.39, 0.29) is 22.5 Å². The Kier molecular flexibility index (Phi) is 6.10. The lowest BCUT2D eigenvalue weighted by molar-refractivity contribution is -0.117. The molecule has 0 saturated heterocycles. The number of H-pyrrole nitrogens is 2. The molecule has 4 heterocycles. The molecular weight excluding hydrogens is 512 g/mol. The van der Waals surface area contributed by atoms with Crippen LogP contribution in [0.2, 0.25) is 0 Å². The number of nitrogens with one attached hydrogen (secondary N) is 3. The summed E-state index contributed by atoms with van der Waals surface area (Å²) in [4.78, 5) is 28.9. The number of aromatic nitrogens is 6. The molecule has 0 fully saturated rings. The second kappa shape index (κ2) is 9.64. The second-order valence-corrected chi connectivity index (χ2v) is 10.8. The molecule has 0 saturated carbocycles. The Morgan fingerprint density at radius 1 is 0.975 bits per heavy atom. The molecular formula is C30H25F2N7O. The van der Waals surface area contributed by atoms with Crippen molar-refractivity contribution in [3.8, 4) is 33.8 Å². The molecule has 0 aliphatic heterocycles. The van der Waals surface area contributed by atoms with Gasteiger partial charge < -0.3 is 10.3 Å². The molecule has 0 bridgehead atoms. The number of halogens is 2. The third-order valence-corrected chi connectivity index (χ3v) is 6.46. The van der Waals surface area contributed by atoms with Crippen LogP contribution in [0.25, 0.3) is 55.8 Å². The number of nitrogens with zero attached hydrogens (tertiary/aromatic N) is 4. The van der Waals surface area contributed by atoms with Gasteiger partial charge in [-0.3, -0.25) is 14.9 Å². The lowest BCUT2D eigenvalue weighted by Crippen LogP contribution is -2.19. The number of pyridine rings is 2. The topological polar surface area (TPSA) is 112 Å². The number of fused-ring (bicyclic) bond motifs is 2. The van der Waals surface area contributed by atoms with E-state index in [0.29, 0.717) is 51.4 Å². The fourth-order valence-electron chi connectivity index (χ4n) is 4.69. The van der Waals surface area contributed by atoms with Crippen molar-refractivity contribution in [2.24, 2.45) is 5.41 Å². The number of carbonyl (C=O) groups is 1. The highest BCUT2D eigenvalue weighted by molar-refractivity contribution is 5.98. The van der Waals surface area contributed by atoms with Crippen LogP contribution in [0.3, 0.4) is 0 Å². The molecule has 4 aromatic heterocycles. The van der Waals surface area contributed by atoms with Crippen molar-refractivity contribution >= 4 is 33.7 Å². The minimum absolute atomic E-state index is 0.141. The van der Waals surface area contributed by atoms with Gasteiger partial charge >= 0.3 is 0 Å². The largest absolute Gasteiger partial charge is 0.325 e. The Morgan fingerprint density at radius 3 is 2.55 bits per heavy atom. The van der Waals surface area contributed by atoms with Crippen LogP contribution in [0.5, 0.6) is 0 Å². The molecule has 8 nitrogen and oxygen atoms in total. The van der Waals surface area contributed by atoms with Crippen LogP contribution in [-0.4, -0.2) is 36.0 Å². The third-order valence-electron chi connectivity index (χ3n) is 6.46. The lowest BCUT2D eigenvalue weighted by Gasteiger charge is -2.17. The van der Waals surface area contributed by atoms with Crippen molar-refractivity contribution in [2.75, 3.05) is 5.32 Å². The maximum Gasteiger partial charge on any atom is 0.224 e. The highest BCUT2D eigenvalue weighted by Crippen LogP contribution is 2.35. The Labute approximate surface area is 227 Å². The molecule has 10 heteroatoms. The van der Waals surface area contributed by atoms with Crippen molar-refractivity contribution in [2.45, 2.75) is 27.2 Å². The number of benzene rings is 2. The maximum absolute atomic E-state index is 16.1. The molecule has 0 aliphatic carbocycles. The first-order valence-corrected chi connectivity index (χ1v) is 12.7. The number of imidazole rings is 1. The van der Waals surface area contributed by atoms with Crippen molar-refractivity contribution in [3.05, 3.63) is 78.8 Å². The van der Waals surface area contributed by atoms with Gasteiger partial charge in [0.15, 0.2) is 11.5 Å². The summed E-state index contributed by atoms with van der Waals surface area (Å²) >= 11 is 0. The molecule has 0 unspecified atom stereocenters. The van der Waals surface area contributed by atoms with Crippen molar-refractivity contribution < 1.29 is 13.6 Å². The minimum Gasteiger partial charge on any atom is -0.325 e. The van der Waals surface area contributed by atoms with Gasteiger partial charge in [0.05, 0.1) is 22.8 Å². The Hall–Kier alpha value is -4.99. The summed E-state index contributed by atoms with van der Waals surface area (Å²) in [5.41, 5.74) is 4.48. The van der Waals surface area contributed by atoms with E-state index in [4.69, 9.17) is 4.98 Å².